The van der Waals surface area contributed by atoms with E-state index in [-0.39, 0.29) is 28.1 Å². The summed E-state index contributed by atoms with van der Waals surface area (Å²) in [5, 5.41) is 15.0. The molecule has 6 aromatic carbocycles. The number of halogens is 3. The molecule has 4 nitrogen and oxygen atoms in total. The van der Waals surface area contributed by atoms with Crippen molar-refractivity contribution in [1.29, 1.82) is 5.26 Å². The molecule has 0 N–H and O–H groups in total. The molecule has 48 heavy (non-hydrogen) atoms. The van der Waals surface area contributed by atoms with Crippen LogP contribution in [0.3, 0.4) is 0 Å². The highest BCUT2D eigenvalue weighted by Gasteiger charge is 2.36. The molecule has 0 unspecified atom stereocenters. The second-order valence-corrected chi connectivity index (χ2v) is 11.9. The summed E-state index contributed by atoms with van der Waals surface area (Å²) in [6.45, 7) is 11.9. The van der Waals surface area contributed by atoms with Crippen molar-refractivity contribution >= 4 is 49.3 Å². The molecule has 0 spiro atoms. The van der Waals surface area contributed by atoms with Gasteiger partial charge in [-0.1, -0.05) is 97.1 Å². The molecule has 0 saturated carbocycles. The van der Waals surface area contributed by atoms with E-state index in [9.17, 15) is 18.4 Å². The minimum Gasteiger partial charge on any atom is -0.308 e. The average molecular weight is 631 g/mol. The maximum atomic E-state index is 14.8. The first-order valence-corrected chi connectivity index (χ1v) is 15.4. The van der Waals surface area contributed by atoms with Crippen LogP contribution in [0.1, 0.15) is 22.3 Å². The lowest BCUT2D eigenvalue weighted by Gasteiger charge is -2.23. The lowest BCUT2D eigenvalue weighted by atomic mass is 9.92. The number of aryl methyl sites for hydroxylation is 2. The molecule has 2 heterocycles. The topological polar surface area (TPSA) is 38.0 Å². The Bertz CT molecular complexity index is 2710. The molecule has 0 aliphatic heterocycles. The zero-order chi connectivity index (χ0) is 33.3. The summed E-state index contributed by atoms with van der Waals surface area (Å²) in [7, 11) is 0. The summed E-state index contributed by atoms with van der Waals surface area (Å²) in [5.74, 6) is 0. The summed E-state index contributed by atoms with van der Waals surface area (Å²) in [4.78, 5) is 3.56. The van der Waals surface area contributed by atoms with Gasteiger partial charge in [0.25, 0.3) is 0 Å². The maximum Gasteiger partial charge on any atom is 0.415 e. The van der Waals surface area contributed by atoms with E-state index in [4.69, 9.17) is 6.57 Å². The lowest BCUT2D eigenvalue weighted by molar-refractivity contribution is -0.137. The first kappa shape index (κ1) is 29.1. The Kier molecular flexibility index (Phi) is 6.44. The van der Waals surface area contributed by atoms with E-state index in [1.54, 1.807) is 12.1 Å². The van der Waals surface area contributed by atoms with Gasteiger partial charge >= 0.3 is 6.18 Å². The number of nitrogens with zero attached hydrogens (tertiary/aromatic N) is 4. The van der Waals surface area contributed by atoms with E-state index in [2.05, 4.69) is 10.9 Å². The van der Waals surface area contributed by atoms with Gasteiger partial charge in [-0.3, -0.25) is 0 Å². The molecule has 2 aromatic heterocycles. The minimum atomic E-state index is -4.75. The number of aromatic nitrogens is 2. The Morgan fingerprint density at radius 1 is 0.646 bits per heavy atom. The van der Waals surface area contributed by atoms with Crippen LogP contribution in [-0.2, 0) is 6.18 Å². The number of fused-ring (bicyclic) bond motifs is 6. The third kappa shape index (κ3) is 4.08. The summed E-state index contributed by atoms with van der Waals surface area (Å²) >= 11 is 0. The molecule has 7 heteroatoms. The van der Waals surface area contributed by atoms with Crippen molar-refractivity contribution in [2.24, 2.45) is 0 Å². The summed E-state index contributed by atoms with van der Waals surface area (Å²) in [6, 6.07) is 37.0. The van der Waals surface area contributed by atoms with Crippen molar-refractivity contribution < 1.29 is 13.2 Å². The normalized spacial score (nSPS) is 11.8. The molecule has 230 valence electrons. The van der Waals surface area contributed by atoms with Gasteiger partial charge in [-0.15, -0.1) is 0 Å². The average Bonchev–Trinajstić information content (AvgIpc) is 3.61. The van der Waals surface area contributed by atoms with Gasteiger partial charge in [0.15, 0.2) is 5.69 Å². The van der Waals surface area contributed by atoms with Crippen molar-refractivity contribution in [3.63, 3.8) is 0 Å². The van der Waals surface area contributed by atoms with Gasteiger partial charge in [-0.05, 0) is 48.7 Å². The third-order valence-electron chi connectivity index (χ3n) is 9.26. The molecule has 0 radical (unpaired) electrons. The van der Waals surface area contributed by atoms with Gasteiger partial charge < -0.3 is 9.13 Å². The van der Waals surface area contributed by atoms with Gasteiger partial charge in [0, 0.05) is 27.1 Å². The number of nitriles is 1. The van der Waals surface area contributed by atoms with Gasteiger partial charge in [0.1, 0.15) is 11.6 Å². The van der Waals surface area contributed by atoms with Crippen LogP contribution in [0, 0.1) is 31.8 Å². The van der Waals surface area contributed by atoms with E-state index >= 15 is 0 Å². The predicted molar refractivity (Wildman–Crippen MR) is 186 cm³/mol. The highest BCUT2D eigenvalue weighted by Crippen LogP contribution is 2.48. The smallest absolute Gasteiger partial charge is 0.308 e. The van der Waals surface area contributed by atoms with Crippen LogP contribution < -0.4 is 0 Å². The van der Waals surface area contributed by atoms with E-state index in [1.807, 2.05) is 108 Å². The Morgan fingerprint density at radius 3 is 1.77 bits per heavy atom. The second kappa shape index (κ2) is 10.6. The molecule has 0 atom stereocenters. The van der Waals surface area contributed by atoms with Gasteiger partial charge in [-0.25, -0.2) is 4.85 Å². The third-order valence-corrected chi connectivity index (χ3v) is 9.26. The van der Waals surface area contributed by atoms with Crippen LogP contribution in [0.15, 0.2) is 115 Å². The molecule has 0 saturated heterocycles. The van der Waals surface area contributed by atoms with Crippen LogP contribution in [0.5, 0.6) is 0 Å². The minimum absolute atomic E-state index is 0.145. The van der Waals surface area contributed by atoms with Crippen LogP contribution in [0.25, 0.3) is 71.0 Å². The number of benzene rings is 6. The Labute approximate surface area is 273 Å². The second-order valence-electron chi connectivity index (χ2n) is 11.9. The quantitative estimate of drug-likeness (QED) is 0.179. The highest BCUT2D eigenvalue weighted by molar-refractivity contribution is 6.13. The van der Waals surface area contributed by atoms with E-state index in [0.717, 1.165) is 60.8 Å². The van der Waals surface area contributed by atoms with Crippen molar-refractivity contribution in [3.05, 3.63) is 149 Å². The van der Waals surface area contributed by atoms with Gasteiger partial charge in [0.2, 0.25) is 0 Å². The molecule has 0 aliphatic rings. The Balaban J connectivity index is 1.64. The molecule has 0 amide bonds. The molecule has 0 bridgehead atoms. The standard InChI is InChI=1S/C41H25F3N4/c1-24-11-8-15-28-26-13-4-6-19-34(26)47(38(24)28)36-22-21-30(37-32(41(42,43)44)17-10-18-33(37)46-3)40(31(36)23-45)48-35-20-7-5-14-27(35)29-16-9-12-25(2)39(29)48/h4-22H,1-2H3. The van der Waals surface area contributed by atoms with Gasteiger partial charge in [-0.2, -0.15) is 18.4 Å². The number of hydrogen-bond donors (Lipinski definition) is 0. The predicted octanol–water partition coefficient (Wildman–Crippen LogP) is 11.6. The van der Waals surface area contributed by atoms with E-state index in [0.29, 0.717) is 5.69 Å². The number of hydrogen-bond acceptors (Lipinski definition) is 1. The van der Waals surface area contributed by atoms with Crippen molar-refractivity contribution in [2.75, 3.05) is 0 Å². The van der Waals surface area contributed by atoms with E-state index < -0.39 is 11.7 Å². The monoisotopic (exact) mass is 630 g/mol. The molecular weight excluding hydrogens is 605 g/mol. The van der Waals surface area contributed by atoms with Crippen LogP contribution >= 0.6 is 0 Å². The highest BCUT2D eigenvalue weighted by atomic mass is 19.4. The summed E-state index contributed by atoms with van der Waals surface area (Å²) < 4.78 is 48.3. The van der Waals surface area contributed by atoms with Crippen LogP contribution in [0.2, 0.25) is 0 Å². The fraction of sp³-hybridized carbons (Fsp3) is 0.0732. The molecule has 0 aliphatic carbocycles. The van der Waals surface area contributed by atoms with Crippen molar-refractivity contribution in [1.82, 2.24) is 9.13 Å². The molecular formula is C41H25F3N4. The Morgan fingerprint density at radius 2 is 1.19 bits per heavy atom. The zero-order valence-electron chi connectivity index (χ0n) is 25.9. The largest absolute Gasteiger partial charge is 0.415 e. The SMILES string of the molecule is [C-]#[N+]c1cccc(C(F)(F)F)c1-c1ccc(-n2c3ccccc3c3cccc(C)c32)c(C#N)c1-n1c2ccccc2c2cccc(C)c21. The number of alkyl halides is 3. The zero-order valence-corrected chi connectivity index (χ0v) is 25.9. The fourth-order valence-corrected chi connectivity index (χ4v) is 7.33. The molecule has 8 rings (SSSR count). The van der Waals surface area contributed by atoms with Crippen molar-refractivity contribution in [3.8, 4) is 28.6 Å². The molecule has 0 fully saturated rings. The Hall–Kier alpha value is -6.31. The number of para-hydroxylation sites is 4. The van der Waals surface area contributed by atoms with Crippen LogP contribution in [-0.4, -0.2) is 9.13 Å². The summed E-state index contributed by atoms with van der Waals surface area (Å²) in [6.07, 6.45) is -4.75. The molecule has 8 aromatic rings. The first-order valence-electron chi connectivity index (χ1n) is 15.4. The number of rotatable bonds is 3. The lowest BCUT2D eigenvalue weighted by Crippen LogP contribution is -2.11. The van der Waals surface area contributed by atoms with E-state index in [1.165, 1.54) is 12.1 Å². The summed E-state index contributed by atoms with van der Waals surface area (Å²) in [5.41, 5.74) is 5.01. The maximum absolute atomic E-state index is 14.8. The first-order chi connectivity index (χ1) is 23.2. The fourth-order valence-electron chi connectivity index (χ4n) is 7.33. The van der Waals surface area contributed by atoms with Gasteiger partial charge in [0.05, 0.1) is 45.6 Å². The van der Waals surface area contributed by atoms with Crippen molar-refractivity contribution in [2.45, 2.75) is 20.0 Å². The van der Waals surface area contributed by atoms with Crippen LogP contribution in [0.4, 0.5) is 18.9 Å².